The zero-order chi connectivity index (χ0) is 9.61. The molecule has 0 N–H and O–H groups in total. The predicted molar refractivity (Wildman–Crippen MR) is 45.6 cm³/mol. The van der Waals surface area contributed by atoms with Gasteiger partial charge in [-0.05, 0) is 20.3 Å². The zero-order valence-electron chi connectivity index (χ0n) is 8.07. The molecule has 0 heterocycles. The van der Waals surface area contributed by atoms with Crippen LogP contribution < -0.4 is 0 Å². The van der Waals surface area contributed by atoms with Gasteiger partial charge in [-0.3, -0.25) is 0 Å². The number of hydrogen-bond donors (Lipinski definition) is 0. The monoisotopic (exact) mass is 180 g/mol. The molecular formula is C9H18F2O. The fourth-order valence-electron chi connectivity index (χ4n) is 0.739. The normalized spacial score (nSPS) is 18.8. The largest absolute Gasteiger partial charge is 0.344 e. The van der Waals surface area contributed by atoms with Crippen LogP contribution in [-0.4, -0.2) is 18.6 Å². The van der Waals surface area contributed by atoms with E-state index in [9.17, 15) is 8.78 Å². The highest BCUT2D eigenvalue weighted by Gasteiger charge is 2.31. The Morgan fingerprint density at radius 2 is 2.00 bits per heavy atom. The average Bonchev–Trinajstić information content (AvgIpc) is 1.98. The molecule has 2 unspecified atom stereocenters. The molecule has 0 aliphatic carbocycles. The van der Waals surface area contributed by atoms with Gasteiger partial charge in [-0.25, -0.2) is 8.78 Å². The van der Waals surface area contributed by atoms with Crippen LogP contribution in [-0.2, 0) is 4.74 Å². The van der Waals surface area contributed by atoms with Crippen molar-refractivity contribution in [2.75, 3.05) is 6.61 Å². The van der Waals surface area contributed by atoms with Gasteiger partial charge >= 0.3 is 0 Å². The van der Waals surface area contributed by atoms with E-state index in [1.165, 1.54) is 6.92 Å². The number of hydrogen-bond acceptors (Lipinski definition) is 1. The van der Waals surface area contributed by atoms with Gasteiger partial charge < -0.3 is 4.74 Å². The number of rotatable bonds is 6. The van der Waals surface area contributed by atoms with E-state index >= 15 is 0 Å². The molecule has 0 aromatic rings. The summed E-state index contributed by atoms with van der Waals surface area (Å²) in [4.78, 5) is 0. The summed E-state index contributed by atoms with van der Waals surface area (Å²) < 4.78 is 30.3. The third kappa shape index (κ3) is 4.65. The Morgan fingerprint density at radius 3 is 2.42 bits per heavy atom. The maximum Gasteiger partial charge on any atom is 0.237 e. The summed E-state index contributed by atoms with van der Waals surface area (Å²) in [5, 5.41) is 0. The number of halogens is 2. The quantitative estimate of drug-likeness (QED) is 0.570. The van der Waals surface area contributed by atoms with E-state index in [1.807, 2.05) is 6.92 Å². The Bertz CT molecular complexity index is 113. The summed E-state index contributed by atoms with van der Waals surface area (Å²) in [5.41, 5.74) is 0. The highest BCUT2D eigenvalue weighted by atomic mass is 19.2. The highest BCUT2D eigenvalue weighted by molar-refractivity contribution is 4.67. The Labute approximate surface area is 73.1 Å². The molecule has 0 aromatic heterocycles. The second kappa shape index (κ2) is 5.46. The molecule has 2 atom stereocenters. The van der Waals surface area contributed by atoms with Crippen LogP contribution in [0.1, 0.15) is 40.0 Å². The van der Waals surface area contributed by atoms with Crippen molar-refractivity contribution in [1.82, 2.24) is 0 Å². The van der Waals surface area contributed by atoms with E-state index in [2.05, 4.69) is 0 Å². The maximum absolute atomic E-state index is 13.0. The molecular weight excluding hydrogens is 162 g/mol. The lowest BCUT2D eigenvalue weighted by Crippen LogP contribution is -2.32. The second-order valence-corrected chi connectivity index (χ2v) is 3.16. The molecule has 0 aliphatic rings. The molecule has 1 nitrogen and oxygen atoms in total. The second-order valence-electron chi connectivity index (χ2n) is 3.16. The third-order valence-electron chi connectivity index (χ3n) is 1.84. The maximum atomic E-state index is 13.0. The molecule has 0 radical (unpaired) electrons. The summed E-state index contributed by atoms with van der Waals surface area (Å²) in [6, 6.07) is 0. The van der Waals surface area contributed by atoms with E-state index in [1.54, 1.807) is 0 Å². The van der Waals surface area contributed by atoms with Crippen molar-refractivity contribution in [3.8, 4) is 0 Å². The average molecular weight is 180 g/mol. The first kappa shape index (κ1) is 11.8. The van der Waals surface area contributed by atoms with E-state index in [4.69, 9.17) is 4.74 Å². The summed E-state index contributed by atoms with van der Waals surface area (Å²) >= 11 is 0. The molecule has 74 valence electrons. The number of ether oxygens (including phenoxy) is 1. The topological polar surface area (TPSA) is 9.23 Å². The molecule has 3 heteroatoms. The Morgan fingerprint density at radius 1 is 1.42 bits per heavy atom. The van der Waals surface area contributed by atoms with Crippen molar-refractivity contribution in [3.63, 3.8) is 0 Å². The van der Waals surface area contributed by atoms with E-state index in [0.717, 1.165) is 26.2 Å². The first-order valence-corrected chi connectivity index (χ1v) is 4.47. The minimum absolute atomic E-state index is 0.301. The summed E-state index contributed by atoms with van der Waals surface area (Å²) in [5.74, 6) is -2.12. The number of alkyl halides is 2. The Balaban J connectivity index is 3.47. The van der Waals surface area contributed by atoms with Crippen molar-refractivity contribution < 1.29 is 13.5 Å². The van der Waals surface area contributed by atoms with E-state index in [-0.39, 0.29) is 0 Å². The molecule has 0 saturated carbocycles. The van der Waals surface area contributed by atoms with Crippen molar-refractivity contribution in [2.45, 2.75) is 52.1 Å². The van der Waals surface area contributed by atoms with Crippen molar-refractivity contribution >= 4 is 0 Å². The number of unbranched alkanes of at least 4 members (excludes halogenated alkanes) is 2. The van der Waals surface area contributed by atoms with Gasteiger partial charge in [-0.1, -0.05) is 19.8 Å². The molecule has 0 bridgehead atoms. The molecule has 0 spiro atoms. The standard InChI is InChI=1S/C9H18F2O/c1-4-5-6-7-12-9(3,11)8(2)10/h8H,4-7H2,1-3H3. The minimum atomic E-state index is -2.12. The van der Waals surface area contributed by atoms with Crippen LogP contribution in [0.15, 0.2) is 0 Å². The van der Waals surface area contributed by atoms with Crippen LogP contribution >= 0.6 is 0 Å². The van der Waals surface area contributed by atoms with Gasteiger partial charge in [0.2, 0.25) is 5.85 Å². The van der Waals surface area contributed by atoms with Crippen LogP contribution in [0.5, 0.6) is 0 Å². The van der Waals surface area contributed by atoms with Gasteiger partial charge in [-0.15, -0.1) is 0 Å². The van der Waals surface area contributed by atoms with Crippen molar-refractivity contribution in [2.24, 2.45) is 0 Å². The molecule has 0 saturated heterocycles. The molecule has 0 aromatic carbocycles. The van der Waals surface area contributed by atoms with Crippen LogP contribution in [0.25, 0.3) is 0 Å². The minimum Gasteiger partial charge on any atom is -0.344 e. The van der Waals surface area contributed by atoms with Gasteiger partial charge in [0.25, 0.3) is 0 Å². The third-order valence-corrected chi connectivity index (χ3v) is 1.84. The predicted octanol–water partition coefficient (Wildman–Crippen LogP) is 3.24. The molecule has 0 rings (SSSR count). The fraction of sp³-hybridized carbons (Fsp3) is 1.00. The SMILES string of the molecule is CCCCCOC(C)(F)C(C)F. The summed E-state index contributed by atoms with van der Waals surface area (Å²) in [7, 11) is 0. The van der Waals surface area contributed by atoms with Gasteiger partial charge in [-0.2, -0.15) is 0 Å². The van der Waals surface area contributed by atoms with Crippen LogP contribution in [0.2, 0.25) is 0 Å². The van der Waals surface area contributed by atoms with Crippen LogP contribution in [0.3, 0.4) is 0 Å². The van der Waals surface area contributed by atoms with E-state index in [0.29, 0.717) is 6.61 Å². The van der Waals surface area contributed by atoms with Gasteiger partial charge in [0, 0.05) is 0 Å². The first-order chi connectivity index (χ1) is 5.50. The Kier molecular flexibility index (Phi) is 5.38. The smallest absolute Gasteiger partial charge is 0.237 e. The molecule has 0 amide bonds. The lowest BCUT2D eigenvalue weighted by Gasteiger charge is -2.22. The first-order valence-electron chi connectivity index (χ1n) is 4.47. The van der Waals surface area contributed by atoms with Crippen LogP contribution in [0, 0.1) is 0 Å². The lowest BCUT2D eigenvalue weighted by atomic mass is 10.2. The lowest BCUT2D eigenvalue weighted by molar-refractivity contribution is -0.170. The zero-order valence-corrected chi connectivity index (χ0v) is 8.07. The van der Waals surface area contributed by atoms with Gasteiger partial charge in [0.05, 0.1) is 6.61 Å². The van der Waals surface area contributed by atoms with Gasteiger partial charge in [0.1, 0.15) is 0 Å². The molecule has 0 fully saturated rings. The molecule has 12 heavy (non-hydrogen) atoms. The van der Waals surface area contributed by atoms with Gasteiger partial charge in [0.15, 0.2) is 6.17 Å². The molecule has 0 aliphatic heterocycles. The van der Waals surface area contributed by atoms with Crippen molar-refractivity contribution in [1.29, 1.82) is 0 Å². The summed E-state index contributed by atoms with van der Waals surface area (Å²) in [6.07, 6.45) is 1.27. The van der Waals surface area contributed by atoms with E-state index < -0.39 is 12.0 Å². The summed E-state index contributed by atoms with van der Waals surface area (Å²) in [6.45, 7) is 4.64. The van der Waals surface area contributed by atoms with Crippen molar-refractivity contribution in [3.05, 3.63) is 0 Å². The fourth-order valence-corrected chi connectivity index (χ4v) is 0.739. The van der Waals surface area contributed by atoms with Crippen LogP contribution in [0.4, 0.5) is 8.78 Å². The Hall–Kier alpha value is -0.180. The highest BCUT2D eigenvalue weighted by Crippen LogP contribution is 2.20.